The fourth-order valence-corrected chi connectivity index (χ4v) is 1.59. The van der Waals surface area contributed by atoms with Gasteiger partial charge < -0.3 is 0 Å². The van der Waals surface area contributed by atoms with Gasteiger partial charge in [0.1, 0.15) is 17.6 Å². The molecule has 0 radical (unpaired) electrons. The van der Waals surface area contributed by atoms with E-state index in [9.17, 15) is 17.6 Å². The van der Waals surface area contributed by atoms with Crippen molar-refractivity contribution in [2.45, 2.75) is 6.18 Å². The Balaban J connectivity index is 2.55. The Hall–Kier alpha value is -2.42. The summed E-state index contributed by atoms with van der Waals surface area (Å²) in [4.78, 5) is 3.71. The van der Waals surface area contributed by atoms with E-state index in [-0.39, 0.29) is 11.3 Å². The largest absolute Gasteiger partial charge is 0.419 e. The number of aromatic nitrogens is 1. The first-order valence-corrected chi connectivity index (χ1v) is 5.15. The molecule has 0 spiro atoms. The minimum atomic E-state index is -4.76. The number of benzene rings is 1. The highest BCUT2D eigenvalue weighted by molar-refractivity contribution is 5.65. The van der Waals surface area contributed by atoms with E-state index in [0.29, 0.717) is 11.6 Å². The zero-order valence-corrected chi connectivity index (χ0v) is 9.37. The van der Waals surface area contributed by atoms with Crippen molar-refractivity contribution >= 4 is 0 Å². The van der Waals surface area contributed by atoms with Crippen LogP contribution >= 0.6 is 0 Å². The number of rotatable bonds is 1. The predicted octanol–water partition coefficient (Wildman–Crippen LogP) is 3.78. The fraction of sp³-hybridized carbons (Fsp3) is 0.0769. The summed E-state index contributed by atoms with van der Waals surface area (Å²) >= 11 is 0. The summed E-state index contributed by atoms with van der Waals surface area (Å²) < 4.78 is 50.9. The third-order valence-corrected chi connectivity index (χ3v) is 2.48. The third-order valence-electron chi connectivity index (χ3n) is 2.48. The normalized spacial score (nSPS) is 11.1. The Morgan fingerprint density at radius 3 is 2.37 bits per heavy atom. The Morgan fingerprint density at radius 1 is 1.05 bits per heavy atom. The topological polar surface area (TPSA) is 36.7 Å². The lowest BCUT2D eigenvalue weighted by Crippen LogP contribution is -2.08. The number of alkyl halides is 3. The fourth-order valence-electron chi connectivity index (χ4n) is 1.59. The standard InChI is InChI=1S/C13H6F4N2/c14-12-2-1-8(6-11(12)13(15,16)17)9-3-4-19-10(5-9)7-18/h1-6H. The van der Waals surface area contributed by atoms with E-state index in [1.165, 1.54) is 24.4 Å². The van der Waals surface area contributed by atoms with E-state index < -0.39 is 17.6 Å². The average Bonchev–Trinajstić information content (AvgIpc) is 2.38. The van der Waals surface area contributed by atoms with Crippen molar-refractivity contribution in [3.63, 3.8) is 0 Å². The van der Waals surface area contributed by atoms with Gasteiger partial charge in [0, 0.05) is 6.20 Å². The van der Waals surface area contributed by atoms with Gasteiger partial charge in [-0.3, -0.25) is 0 Å². The minimum Gasteiger partial charge on any atom is -0.246 e. The van der Waals surface area contributed by atoms with Crippen molar-refractivity contribution < 1.29 is 17.6 Å². The first kappa shape index (κ1) is 13.0. The zero-order chi connectivity index (χ0) is 14.0. The molecule has 1 heterocycles. The van der Waals surface area contributed by atoms with Crippen molar-refractivity contribution in [1.29, 1.82) is 5.26 Å². The number of hydrogen-bond acceptors (Lipinski definition) is 2. The second kappa shape index (κ2) is 4.69. The van der Waals surface area contributed by atoms with Gasteiger partial charge in [-0.15, -0.1) is 0 Å². The highest BCUT2D eigenvalue weighted by Gasteiger charge is 2.34. The number of halogens is 4. The molecule has 0 aliphatic heterocycles. The van der Waals surface area contributed by atoms with Crippen molar-refractivity contribution in [2.75, 3.05) is 0 Å². The lowest BCUT2D eigenvalue weighted by Gasteiger charge is -2.10. The van der Waals surface area contributed by atoms with Crippen LogP contribution < -0.4 is 0 Å². The maximum Gasteiger partial charge on any atom is 0.419 e. The summed E-state index contributed by atoms with van der Waals surface area (Å²) in [6.45, 7) is 0. The SMILES string of the molecule is N#Cc1cc(-c2ccc(F)c(C(F)(F)F)c2)ccn1. The highest BCUT2D eigenvalue weighted by atomic mass is 19.4. The van der Waals surface area contributed by atoms with Crippen LogP contribution in [0.1, 0.15) is 11.3 Å². The van der Waals surface area contributed by atoms with Crippen LogP contribution in [0.5, 0.6) is 0 Å². The number of nitriles is 1. The van der Waals surface area contributed by atoms with E-state index in [1.54, 1.807) is 6.07 Å². The Bertz CT molecular complexity index is 656. The Morgan fingerprint density at radius 2 is 1.74 bits per heavy atom. The smallest absolute Gasteiger partial charge is 0.246 e. The molecule has 0 N–H and O–H groups in total. The van der Waals surface area contributed by atoms with Gasteiger partial charge in [-0.05, 0) is 35.4 Å². The monoisotopic (exact) mass is 266 g/mol. The van der Waals surface area contributed by atoms with Crippen LogP contribution in [-0.4, -0.2) is 4.98 Å². The van der Waals surface area contributed by atoms with Crippen LogP contribution in [0.2, 0.25) is 0 Å². The molecule has 96 valence electrons. The second-order valence-corrected chi connectivity index (χ2v) is 3.73. The van der Waals surface area contributed by atoms with Crippen molar-refractivity contribution in [3.8, 4) is 17.2 Å². The third kappa shape index (κ3) is 2.71. The molecule has 0 atom stereocenters. The van der Waals surface area contributed by atoms with Crippen LogP contribution in [0.3, 0.4) is 0 Å². The molecule has 2 rings (SSSR count). The summed E-state index contributed by atoms with van der Waals surface area (Å²) in [5.41, 5.74) is -0.708. The number of pyridine rings is 1. The van der Waals surface area contributed by atoms with Crippen LogP contribution in [0, 0.1) is 17.1 Å². The molecule has 0 amide bonds. The van der Waals surface area contributed by atoms with E-state index in [2.05, 4.69) is 4.98 Å². The molecule has 0 saturated carbocycles. The summed E-state index contributed by atoms with van der Waals surface area (Å²) in [7, 11) is 0. The average molecular weight is 266 g/mol. The molecule has 0 fully saturated rings. The quantitative estimate of drug-likeness (QED) is 0.736. The molecule has 0 unspecified atom stereocenters. The van der Waals surface area contributed by atoms with Crippen LogP contribution in [-0.2, 0) is 6.18 Å². The second-order valence-electron chi connectivity index (χ2n) is 3.73. The van der Waals surface area contributed by atoms with Gasteiger partial charge in [-0.2, -0.15) is 18.4 Å². The summed E-state index contributed by atoms with van der Waals surface area (Å²) in [6, 6.07) is 7.27. The molecular weight excluding hydrogens is 260 g/mol. The molecule has 6 heteroatoms. The lowest BCUT2D eigenvalue weighted by atomic mass is 10.0. The molecule has 0 aliphatic rings. The molecule has 0 saturated heterocycles. The number of hydrogen-bond donors (Lipinski definition) is 0. The van der Waals surface area contributed by atoms with Gasteiger partial charge in [0.2, 0.25) is 0 Å². The first-order chi connectivity index (χ1) is 8.91. The summed E-state index contributed by atoms with van der Waals surface area (Å²) in [5.74, 6) is -1.33. The Kier molecular flexibility index (Phi) is 3.21. The van der Waals surface area contributed by atoms with Gasteiger partial charge >= 0.3 is 6.18 Å². The van der Waals surface area contributed by atoms with E-state index in [0.717, 1.165) is 6.07 Å². The van der Waals surface area contributed by atoms with Crippen LogP contribution in [0.25, 0.3) is 11.1 Å². The van der Waals surface area contributed by atoms with Gasteiger partial charge in [0.25, 0.3) is 0 Å². The Labute approximate surface area is 105 Å². The van der Waals surface area contributed by atoms with Gasteiger partial charge in [0.05, 0.1) is 5.56 Å². The zero-order valence-electron chi connectivity index (χ0n) is 9.37. The minimum absolute atomic E-state index is 0.0791. The molecule has 1 aromatic heterocycles. The first-order valence-electron chi connectivity index (χ1n) is 5.15. The van der Waals surface area contributed by atoms with Crippen LogP contribution in [0.15, 0.2) is 36.5 Å². The molecule has 0 bridgehead atoms. The van der Waals surface area contributed by atoms with E-state index >= 15 is 0 Å². The molecule has 0 aliphatic carbocycles. The highest BCUT2D eigenvalue weighted by Crippen LogP contribution is 2.34. The molecule has 19 heavy (non-hydrogen) atoms. The van der Waals surface area contributed by atoms with E-state index in [1.807, 2.05) is 0 Å². The van der Waals surface area contributed by atoms with Gasteiger partial charge in [-0.25, -0.2) is 9.37 Å². The van der Waals surface area contributed by atoms with Crippen molar-refractivity contribution in [3.05, 3.63) is 53.6 Å². The van der Waals surface area contributed by atoms with Crippen LogP contribution in [0.4, 0.5) is 17.6 Å². The van der Waals surface area contributed by atoms with E-state index in [4.69, 9.17) is 5.26 Å². The maximum atomic E-state index is 13.1. The predicted molar refractivity (Wildman–Crippen MR) is 59.3 cm³/mol. The molecular formula is C13H6F4N2. The molecule has 2 nitrogen and oxygen atoms in total. The number of nitrogens with zero attached hydrogens (tertiary/aromatic N) is 2. The molecule has 1 aromatic carbocycles. The molecule has 2 aromatic rings. The van der Waals surface area contributed by atoms with Gasteiger partial charge in [0.15, 0.2) is 0 Å². The lowest BCUT2D eigenvalue weighted by molar-refractivity contribution is -0.139. The summed E-state index contributed by atoms with van der Waals surface area (Å²) in [5, 5.41) is 8.68. The van der Waals surface area contributed by atoms with Gasteiger partial charge in [-0.1, -0.05) is 6.07 Å². The van der Waals surface area contributed by atoms with Crippen molar-refractivity contribution in [2.24, 2.45) is 0 Å². The maximum absolute atomic E-state index is 13.1. The summed E-state index contributed by atoms with van der Waals surface area (Å²) in [6.07, 6.45) is -3.45. The van der Waals surface area contributed by atoms with Crippen molar-refractivity contribution in [1.82, 2.24) is 4.98 Å².